The van der Waals surface area contributed by atoms with Crippen LogP contribution in [-0.2, 0) is 14.3 Å². The lowest BCUT2D eigenvalue weighted by Crippen LogP contribution is -2.29. The van der Waals surface area contributed by atoms with Gasteiger partial charge in [0.05, 0.1) is 6.10 Å². The second-order valence-electron chi connectivity index (χ2n) is 4.11. The fourth-order valence-electron chi connectivity index (χ4n) is 1.79. The molecule has 1 fully saturated rings. The van der Waals surface area contributed by atoms with Gasteiger partial charge in [0.2, 0.25) is 0 Å². The van der Waals surface area contributed by atoms with E-state index in [0.717, 1.165) is 30.7 Å². The largest absolute Gasteiger partial charge is 0.461 e. The van der Waals surface area contributed by atoms with Crippen molar-refractivity contribution in [2.45, 2.75) is 31.4 Å². The van der Waals surface area contributed by atoms with E-state index in [1.165, 1.54) is 11.3 Å². The van der Waals surface area contributed by atoms with Gasteiger partial charge in [-0.05, 0) is 30.7 Å². The van der Waals surface area contributed by atoms with Crippen molar-refractivity contribution in [3.8, 4) is 0 Å². The molecular formula is C12H17NO3S. The van der Waals surface area contributed by atoms with Crippen LogP contribution in [0.4, 0.5) is 0 Å². The Morgan fingerprint density at radius 1 is 1.65 bits per heavy atom. The van der Waals surface area contributed by atoms with Crippen molar-refractivity contribution in [3.63, 3.8) is 0 Å². The zero-order valence-electron chi connectivity index (χ0n) is 9.63. The highest BCUT2D eigenvalue weighted by atomic mass is 32.1. The third-order valence-electron chi connectivity index (χ3n) is 2.79. The van der Waals surface area contributed by atoms with Gasteiger partial charge in [0.15, 0.2) is 0 Å². The summed E-state index contributed by atoms with van der Waals surface area (Å²) in [7, 11) is 0. The highest BCUT2D eigenvalue weighted by molar-refractivity contribution is 7.10. The summed E-state index contributed by atoms with van der Waals surface area (Å²) in [5.41, 5.74) is 5.79. The Morgan fingerprint density at radius 3 is 3.18 bits per heavy atom. The number of rotatable bonds is 4. The van der Waals surface area contributed by atoms with Crippen LogP contribution in [0.3, 0.4) is 0 Å². The van der Waals surface area contributed by atoms with Gasteiger partial charge in [0, 0.05) is 11.5 Å². The minimum atomic E-state index is -0.668. The Kier molecular flexibility index (Phi) is 4.53. The first-order valence-corrected chi connectivity index (χ1v) is 6.72. The summed E-state index contributed by atoms with van der Waals surface area (Å²) in [5, 5.41) is 1.90. The predicted molar refractivity (Wildman–Crippen MR) is 65.8 cm³/mol. The average Bonchev–Trinajstić information content (AvgIpc) is 2.90. The molecule has 0 aromatic carbocycles. The Bertz CT molecular complexity index is 347. The van der Waals surface area contributed by atoms with Crippen LogP contribution in [0.1, 0.15) is 30.2 Å². The van der Waals surface area contributed by atoms with E-state index in [-0.39, 0.29) is 12.1 Å². The molecule has 4 nitrogen and oxygen atoms in total. The normalized spacial score (nSPS) is 22.1. The van der Waals surface area contributed by atoms with Gasteiger partial charge in [-0.1, -0.05) is 6.07 Å². The maximum absolute atomic E-state index is 11.7. The monoisotopic (exact) mass is 255 g/mol. The first-order chi connectivity index (χ1) is 8.27. The topological polar surface area (TPSA) is 61.6 Å². The van der Waals surface area contributed by atoms with Gasteiger partial charge in [0.1, 0.15) is 12.6 Å². The zero-order chi connectivity index (χ0) is 12.1. The Labute approximate surface area is 105 Å². The first-order valence-electron chi connectivity index (χ1n) is 5.84. The molecule has 2 heterocycles. The minimum Gasteiger partial charge on any atom is -0.461 e. The van der Waals surface area contributed by atoms with E-state index in [1.54, 1.807) is 0 Å². The van der Waals surface area contributed by atoms with Crippen LogP contribution in [-0.4, -0.2) is 25.3 Å². The SMILES string of the molecule is NC(C(=O)OCC1CCCCO1)c1cccs1. The van der Waals surface area contributed by atoms with E-state index >= 15 is 0 Å². The molecule has 0 spiro atoms. The lowest BCUT2D eigenvalue weighted by Gasteiger charge is -2.22. The summed E-state index contributed by atoms with van der Waals surface area (Å²) < 4.78 is 10.7. The number of thiophene rings is 1. The molecule has 5 heteroatoms. The molecule has 0 bridgehead atoms. The number of nitrogens with two attached hydrogens (primary N) is 1. The first kappa shape index (κ1) is 12.5. The average molecular weight is 255 g/mol. The van der Waals surface area contributed by atoms with E-state index < -0.39 is 6.04 Å². The van der Waals surface area contributed by atoms with Gasteiger partial charge in [-0.3, -0.25) is 0 Å². The quantitative estimate of drug-likeness (QED) is 0.834. The molecule has 1 aromatic heterocycles. The molecule has 0 amide bonds. The molecule has 1 saturated heterocycles. The second kappa shape index (κ2) is 6.14. The van der Waals surface area contributed by atoms with Crippen molar-refractivity contribution in [1.82, 2.24) is 0 Å². The van der Waals surface area contributed by atoms with Gasteiger partial charge < -0.3 is 15.2 Å². The van der Waals surface area contributed by atoms with Crippen LogP contribution in [0, 0.1) is 0 Å². The van der Waals surface area contributed by atoms with Gasteiger partial charge in [-0.25, -0.2) is 4.79 Å². The smallest absolute Gasteiger partial charge is 0.328 e. The second-order valence-corrected chi connectivity index (χ2v) is 5.09. The highest BCUT2D eigenvalue weighted by Crippen LogP contribution is 2.19. The molecule has 2 N–H and O–H groups in total. The van der Waals surface area contributed by atoms with Crippen molar-refractivity contribution in [2.75, 3.05) is 13.2 Å². The summed E-state index contributed by atoms with van der Waals surface area (Å²) in [6.45, 7) is 1.08. The van der Waals surface area contributed by atoms with Gasteiger partial charge in [-0.2, -0.15) is 0 Å². The number of carbonyl (C=O) groups is 1. The number of hydrogen-bond acceptors (Lipinski definition) is 5. The lowest BCUT2D eigenvalue weighted by molar-refractivity contribution is -0.150. The Balaban J connectivity index is 1.76. The van der Waals surface area contributed by atoms with E-state index in [1.807, 2.05) is 17.5 Å². The van der Waals surface area contributed by atoms with Crippen molar-refractivity contribution < 1.29 is 14.3 Å². The number of ether oxygens (including phenoxy) is 2. The van der Waals surface area contributed by atoms with Crippen molar-refractivity contribution in [3.05, 3.63) is 22.4 Å². The Hall–Kier alpha value is -0.910. The van der Waals surface area contributed by atoms with Crippen LogP contribution in [0.5, 0.6) is 0 Å². The van der Waals surface area contributed by atoms with Gasteiger partial charge in [-0.15, -0.1) is 11.3 Å². The van der Waals surface area contributed by atoms with Crippen LogP contribution in [0.15, 0.2) is 17.5 Å². The molecule has 17 heavy (non-hydrogen) atoms. The van der Waals surface area contributed by atoms with Crippen LogP contribution < -0.4 is 5.73 Å². The fourth-order valence-corrected chi connectivity index (χ4v) is 2.50. The molecule has 1 aliphatic rings. The summed E-state index contributed by atoms with van der Waals surface area (Å²) in [5.74, 6) is -0.373. The Morgan fingerprint density at radius 2 is 2.53 bits per heavy atom. The van der Waals surface area contributed by atoms with Crippen molar-refractivity contribution >= 4 is 17.3 Å². The van der Waals surface area contributed by atoms with Crippen LogP contribution in [0.2, 0.25) is 0 Å². The molecule has 2 atom stereocenters. The number of hydrogen-bond donors (Lipinski definition) is 1. The molecule has 2 unspecified atom stereocenters. The fraction of sp³-hybridized carbons (Fsp3) is 0.583. The number of carbonyl (C=O) groups excluding carboxylic acids is 1. The highest BCUT2D eigenvalue weighted by Gasteiger charge is 2.21. The molecular weight excluding hydrogens is 238 g/mol. The molecule has 0 aliphatic carbocycles. The van der Waals surface area contributed by atoms with E-state index in [9.17, 15) is 4.79 Å². The molecule has 94 valence electrons. The van der Waals surface area contributed by atoms with Crippen molar-refractivity contribution in [1.29, 1.82) is 0 Å². The lowest BCUT2D eigenvalue weighted by atomic mass is 10.1. The third kappa shape index (κ3) is 3.52. The maximum Gasteiger partial charge on any atom is 0.328 e. The zero-order valence-corrected chi connectivity index (χ0v) is 10.4. The maximum atomic E-state index is 11.7. The van der Waals surface area contributed by atoms with Crippen LogP contribution >= 0.6 is 11.3 Å². The molecule has 2 rings (SSSR count). The van der Waals surface area contributed by atoms with Crippen LogP contribution in [0.25, 0.3) is 0 Å². The van der Waals surface area contributed by atoms with E-state index in [0.29, 0.717) is 6.61 Å². The molecule has 1 aliphatic heterocycles. The van der Waals surface area contributed by atoms with E-state index in [4.69, 9.17) is 15.2 Å². The van der Waals surface area contributed by atoms with Gasteiger partial charge >= 0.3 is 5.97 Å². The number of esters is 1. The van der Waals surface area contributed by atoms with E-state index in [2.05, 4.69) is 0 Å². The van der Waals surface area contributed by atoms with Crippen molar-refractivity contribution in [2.24, 2.45) is 5.73 Å². The van der Waals surface area contributed by atoms with Gasteiger partial charge in [0.25, 0.3) is 0 Å². The third-order valence-corrected chi connectivity index (χ3v) is 3.74. The summed E-state index contributed by atoms with van der Waals surface area (Å²) in [6, 6.07) is 3.05. The molecule has 0 saturated carbocycles. The molecule has 0 radical (unpaired) electrons. The standard InChI is InChI=1S/C12H17NO3S/c13-11(10-5-3-7-17-10)12(14)16-8-9-4-1-2-6-15-9/h3,5,7,9,11H,1-2,4,6,8,13H2. The summed E-state index contributed by atoms with van der Waals surface area (Å²) in [6.07, 6.45) is 3.24. The summed E-state index contributed by atoms with van der Waals surface area (Å²) >= 11 is 1.46. The molecule has 1 aromatic rings. The minimum absolute atomic E-state index is 0.0447. The summed E-state index contributed by atoms with van der Waals surface area (Å²) in [4.78, 5) is 12.5. The predicted octanol–water partition coefficient (Wildman–Crippen LogP) is 1.86.